The van der Waals surface area contributed by atoms with E-state index in [0.29, 0.717) is 0 Å². The highest BCUT2D eigenvalue weighted by Gasteiger charge is 2.31. The molecule has 0 aliphatic carbocycles. The van der Waals surface area contributed by atoms with E-state index in [1.165, 1.54) is 31.4 Å². The maximum atomic E-state index is 11.9. The number of amides is 1. The maximum Gasteiger partial charge on any atom is 0.303 e. The van der Waals surface area contributed by atoms with Gasteiger partial charge in [-0.2, -0.15) is 0 Å². The largest absolute Gasteiger partial charge is 0.450 e. The number of rotatable bonds is 6. The molecule has 0 saturated heterocycles. The smallest absolute Gasteiger partial charge is 0.303 e. The quantitative estimate of drug-likeness (QED) is 0.700. The second kappa shape index (κ2) is 7.03. The number of carbonyl (C=O) groups is 2. The van der Waals surface area contributed by atoms with Crippen LogP contribution in [0.25, 0.3) is 0 Å². The van der Waals surface area contributed by atoms with Crippen LogP contribution in [0.15, 0.2) is 29.2 Å². The number of ether oxygens (including phenoxy) is 1. The Balaban J connectivity index is 2.51. The van der Waals surface area contributed by atoms with E-state index in [1.54, 1.807) is 18.3 Å². The van der Waals surface area contributed by atoms with Gasteiger partial charge in [-0.25, -0.2) is 0 Å². The van der Waals surface area contributed by atoms with Crippen molar-refractivity contribution in [3.05, 3.63) is 34.7 Å². The van der Waals surface area contributed by atoms with Crippen molar-refractivity contribution in [2.24, 2.45) is 0 Å². The van der Waals surface area contributed by atoms with Crippen molar-refractivity contribution in [2.45, 2.75) is 39.0 Å². The number of carbonyl (C=O) groups excluding carboxylic acids is 2. The number of hydrogen-bond donors (Lipinski definition) is 2. The molecule has 1 atom stereocenters. The van der Waals surface area contributed by atoms with Gasteiger partial charge in [0.25, 0.3) is 11.5 Å². The average molecular weight is 296 g/mol. The van der Waals surface area contributed by atoms with E-state index in [1.807, 2.05) is 0 Å². The van der Waals surface area contributed by atoms with Crippen molar-refractivity contribution >= 4 is 11.9 Å². The van der Waals surface area contributed by atoms with E-state index in [9.17, 15) is 19.5 Å². The highest BCUT2D eigenvalue weighted by molar-refractivity contribution is 5.86. The minimum atomic E-state index is -1.31. The van der Waals surface area contributed by atoms with Gasteiger partial charge in [-0.3, -0.25) is 14.4 Å². The van der Waals surface area contributed by atoms with Crippen LogP contribution in [0.3, 0.4) is 0 Å². The fourth-order valence-corrected chi connectivity index (χ4v) is 1.73. The van der Waals surface area contributed by atoms with Crippen LogP contribution >= 0.6 is 0 Å². The molecule has 0 aliphatic rings. The molecule has 0 radical (unpaired) electrons. The van der Waals surface area contributed by atoms with E-state index in [-0.39, 0.29) is 18.6 Å². The lowest BCUT2D eigenvalue weighted by molar-refractivity contribution is -0.163. The van der Waals surface area contributed by atoms with Gasteiger partial charge in [0.1, 0.15) is 0 Å². The molecule has 0 spiro atoms. The number of aliphatic hydroxyl groups excluding tert-OH is 1. The van der Waals surface area contributed by atoms with Gasteiger partial charge in [-0.1, -0.05) is 6.07 Å². The molecule has 7 heteroatoms. The predicted molar refractivity (Wildman–Crippen MR) is 75.6 cm³/mol. The summed E-state index contributed by atoms with van der Waals surface area (Å²) in [6.45, 7) is 4.14. The van der Waals surface area contributed by atoms with E-state index in [4.69, 9.17) is 4.74 Å². The Kier molecular flexibility index (Phi) is 5.66. The van der Waals surface area contributed by atoms with Crippen molar-refractivity contribution < 1.29 is 19.4 Å². The minimum absolute atomic E-state index is 0.0507. The number of aliphatic hydroxyl groups is 1. The molecule has 0 fully saturated rings. The summed E-state index contributed by atoms with van der Waals surface area (Å²) in [6, 6.07) is 4.67. The molecule has 0 aliphatic heterocycles. The molecule has 2 N–H and O–H groups in total. The molecule has 7 nitrogen and oxygen atoms in total. The molecule has 1 aromatic heterocycles. The van der Waals surface area contributed by atoms with Gasteiger partial charge in [0.15, 0.2) is 5.60 Å². The Morgan fingerprint density at radius 3 is 2.67 bits per heavy atom. The maximum absolute atomic E-state index is 11.9. The molecule has 1 amide bonds. The summed E-state index contributed by atoms with van der Waals surface area (Å²) in [5, 5.41) is 12.3. The van der Waals surface area contributed by atoms with Crippen LogP contribution in [0.5, 0.6) is 0 Å². The summed E-state index contributed by atoms with van der Waals surface area (Å²) in [4.78, 5) is 34.2. The predicted octanol–water partition coefficient (Wildman–Crippen LogP) is -0.333. The number of aromatic nitrogens is 1. The first-order valence-electron chi connectivity index (χ1n) is 6.54. The van der Waals surface area contributed by atoms with Crippen LogP contribution in [-0.2, 0) is 20.9 Å². The van der Waals surface area contributed by atoms with E-state index < -0.39 is 23.6 Å². The van der Waals surface area contributed by atoms with Crippen molar-refractivity contribution in [3.63, 3.8) is 0 Å². The standard InChI is InChI=1S/C14H20N2O5/c1-10(17)21-14(2,3)13(20)15-8-11(18)9-16-7-5-4-6-12(16)19/h4-7,11,18H,8-9H2,1-3H3,(H,15,20). The number of nitrogens with one attached hydrogen (secondary N) is 1. The second-order valence-electron chi connectivity index (χ2n) is 5.16. The zero-order valence-electron chi connectivity index (χ0n) is 12.3. The summed E-state index contributed by atoms with van der Waals surface area (Å²) in [7, 11) is 0. The molecule has 0 saturated carbocycles. The molecule has 1 unspecified atom stereocenters. The van der Waals surface area contributed by atoms with Crippen molar-refractivity contribution in [3.8, 4) is 0 Å². The van der Waals surface area contributed by atoms with Crippen LogP contribution in [-0.4, -0.2) is 39.8 Å². The van der Waals surface area contributed by atoms with Crippen molar-refractivity contribution in [1.82, 2.24) is 9.88 Å². The number of pyridine rings is 1. The lowest BCUT2D eigenvalue weighted by atomic mass is 10.1. The summed E-state index contributed by atoms with van der Waals surface area (Å²) < 4.78 is 6.22. The third-order valence-corrected chi connectivity index (χ3v) is 2.75. The first-order valence-corrected chi connectivity index (χ1v) is 6.54. The number of nitrogens with zero attached hydrogens (tertiary/aromatic N) is 1. The molecule has 1 heterocycles. The van der Waals surface area contributed by atoms with Gasteiger partial charge < -0.3 is 19.7 Å². The van der Waals surface area contributed by atoms with Crippen LogP contribution in [0.2, 0.25) is 0 Å². The first-order chi connectivity index (χ1) is 9.72. The fourth-order valence-electron chi connectivity index (χ4n) is 1.73. The Morgan fingerprint density at radius 2 is 2.10 bits per heavy atom. The topological polar surface area (TPSA) is 97.6 Å². The Bertz CT molecular complexity index is 564. The van der Waals surface area contributed by atoms with Crippen LogP contribution in [0.4, 0.5) is 0 Å². The van der Waals surface area contributed by atoms with Crippen LogP contribution < -0.4 is 10.9 Å². The zero-order valence-corrected chi connectivity index (χ0v) is 12.3. The summed E-state index contributed by atoms with van der Waals surface area (Å²) in [5.74, 6) is -1.08. The normalized spacial score (nSPS) is 12.6. The molecule has 1 rings (SSSR count). The van der Waals surface area contributed by atoms with Gasteiger partial charge in [-0.15, -0.1) is 0 Å². The van der Waals surface area contributed by atoms with E-state index in [2.05, 4.69) is 5.32 Å². The lowest BCUT2D eigenvalue weighted by Crippen LogP contribution is -2.48. The highest BCUT2D eigenvalue weighted by atomic mass is 16.6. The molecule has 21 heavy (non-hydrogen) atoms. The minimum Gasteiger partial charge on any atom is -0.450 e. The second-order valence-corrected chi connectivity index (χ2v) is 5.16. The SMILES string of the molecule is CC(=O)OC(C)(C)C(=O)NCC(O)Cn1ccccc1=O. The summed E-state index contributed by atoms with van der Waals surface area (Å²) in [5.41, 5.74) is -1.54. The van der Waals surface area contributed by atoms with E-state index >= 15 is 0 Å². The third kappa shape index (κ3) is 5.39. The number of esters is 1. The van der Waals surface area contributed by atoms with Gasteiger partial charge in [-0.05, 0) is 19.9 Å². The Morgan fingerprint density at radius 1 is 1.43 bits per heavy atom. The average Bonchev–Trinajstić information content (AvgIpc) is 2.37. The van der Waals surface area contributed by atoms with Gasteiger partial charge in [0.2, 0.25) is 0 Å². The molecule has 0 bridgehead atoms. The molecule has 1 aromatic rings. The van der Waals surface area contributed by atoms with Gasteiger partial charge >= 0.3 is 5.97 Å². The summed E-state index contributed by atoms with van der Waals surface area (Å²) >= 11 is 0. The number of hydrogen-bond acceptors (Lipinski definition) is 5. The third-order valence-electron chi connectivity index (χ3n) is 2.75. The molecule has 116 valence electrons. The van der Waals surface area contributed by atoms with Crippen LogP contribution in [0.1, 0.15) is 20.8 Å². The highest BCUT2D eigenvalue weighted by Crippen LogP contribution is 2.09. The molecular formula is C14H20N2O5. The van der Waals surface area contributed by atoms with Crippen LogP contribution in [0, 0.1) is 0 Å². The van der Waals surface area contributed by atoms with Gasteiger partial charge in [0, 0.05) is 25.7 Å². The first kappa shape index (κ1) is 16.9. The van der Waals surface area contributed by atoms with Gasteiger partial charge in [0.05, 0.1) is 12.6 Å². The lowest BCUT2D eigenvalue weighted by Gasteiger charge is -2.24. The monoisotopic (exact) mass is 296 g/mol. The Labute approximate surface area is 122 Å². The van der Waals surface area contributed by atoms with Crippen molar-refractivity contribution in [2.75, 3.05) is 6.54 Å². The Hall–Kier alpha value is -2.15. The molecular weight excluding hydrogens is 276 g/mol. The van der Waals surface area contributed by atoms with Crippen molar-refractivity contribution in [1.29, 1.82) is 0 Å². The molecule has 0 aromatic carbocycles. The zero-order chi connectivity index (χ0) is 16.0. The van der Waals surface area contributed by atoms with E-state index in [0.717, 1.165) is 0 Å². The summed E-state index contributed by atoms with van der Waals surface area (Å²) in [6.07, 6.45) is 0.623. The fraction of sp³-hybridized carbons (Fsp3) is 0.500.